The highest BCUT2D eigenvalue weighted by Gasteiger charge is 2.13. The third kappa shape index (κ3) is 5.89. The monoisotopic (exact) mass is 199 g/mol. The minimum absolute atomic E-state index is 0.883. The van der Waals surface area contributed by atoms with Crippen LogP contribution in [0.5, 0.6) is 0 Å². The molecule has 72 valence electrons. The number of methoxy groups -OCH3 is 1. The Morgan fingerprint density at radius 3 is 2.42 bits per heavy atom. The first-order valence-electron chi connectivity index (χ1n) is 2.84. The molecule has 8 heteroatoms. The molecule has 0 aliphatic rings. The summed E-state index contributed by atoms with van der Waals surface area (Å²) in [6, 6.07) is 0. The number of hydrogen-bond donors (Lipinski definition) is 2. The zero-order valence-corrected chi connectivity index (χ0v) is 7.29. The van der Waals surface area contributed by atoms with Crippen LogP contribution in [0.25, 0.3) is 0 Å². The number of nitrogens with one attached hydrogen (secondary N) is 1. The van der Waals surface area contributed by atoms with E-state index in [1.54, 1.807) is 0 Å². The molecule has 2 N–H and O–H groups in total. The lowest BCUT2D eigenvalue weighted by molar-refractivity contribution is -0.0658. The van der Waals surface area contributed by atoms with Gasteiger partial charge in [0.05, 0.1) is 0 Å². The molecule has 0 spiro atoms. The first kappa shape index (κ1) is 11.1. The summed E-state index contributed by atoms with van der Waals surface area (Å²) < 4.78 is 38.0. The first-order chi connectivity index (χ1) is 5.35. The van der Waals surface area contributed by atoms with E-state index in [9.17, 15) is 13.2 Å². The van der Waals surface area contributed by atoms with Crippen molar-refractivity contribution < 1.29 is 27.2 Å². The number of carbonyl (C=O) groups is 1. The zero-order chi connectivity index (χ0) is 9.78. The molecule has 0 fully saturated rings. The van der Waals surface area contributed by atoms with Crippen molar-refractivity contribution in [3.05, 3.63) is 0 Å². The molecule has 0 radical (unpaired) electrons. The van der Waals surface area contributed by atoms with Gasteiger partial charge in [-0.25, -0.2) is 4.79 Å². The maximum Gasteiger partial charge on any atom is 0.425 e. The van der Waals surface area contributed by atoms with E-state index in [1.165, 1.54) is 18.8 Å². The zero-order valence-electron chi connectivity index (χ0n) is 6.47. The standard InChI is InChI=1S/C4H9NO6S/c1-3(10-2)11-4(6)5-12(7,8)9/h3H,1-2H3,(H,5,6)(H,7,8,9). The number of carbonyl (C=O) groups excluding carboxylic acids is 1. The topological polar surface area (TPSA) is 102 Å². The van der Waals surface area contributed by atoms with Crippen molar-refractivity contribution in [2.45, 2.75) is 13.2 Å². The lowest BCUT2D eigenvalue weighted by Gasteiger charge is -2.09. The van der Waals surface area contributed by atoms with Crippen molar-refractivity contribution in [3.8, 4) is 0 Å². The molecule has 12 heavy (non-hydrogen) atoms. The summed E-state index contributed by atoms with van der Waals surface area (Å²) in [7, 11) is -3.29. The smallest absolute Gasteiger partial charge is 0.419 e. The molecular weight excluding hydrogens is 190 g/mol. The molecule has 0 aromatic carbocycles. The largest absolute Gasteiger partial charge is 0.425 e. The molecule has 0 aromatic heterocycles. The Kier molecular flexibility index (Phi) is 3.93. The van der Waals surface area contributed by atoms with Crippen LogP contribution in [0.2, 0.25) is 0 Å². The quantitative estimate of drug-likeness (QED) is 0.469. The van der Waals surface area contributed by atoms with Crippen LogP contribution in [0.4, 0.5) is 4.79 Å². The number of rotatable bonds is 3. The molecule has 0 bridgehead atoms. The van der Waals surface area contributed by atoms with Crippen molar-refractivity contribution >= 4 is 16.4 Å². The second-order valence-corrected chi connectivity index (χ2v) is 2.94. The third-order valence-electron chi connectivity index (χ3n) is 0.817. The predicted octanol–water partition coefficient (Wildman–Crippen LogP) is -0.492. The minimum Gasteiger partial charge on any atom is -0.419 e. The summed E-state index contributed by atoms with van der Waals surface area (Å²) >= 11 is 0. The van der Waals surface area contributed by atoms with Gasteiger partial charge in [0.1, 0.15) is 0 Å². The van der Waals surface area contributed by atoms with E-state index in [0.717, 1.165) is 0 Å². The summed E-state index contributed by atoms with van der Waals surface area (Å²) in [4.78, 5) is 10.5. The Morgan fingerprint density at radius 2 is 2.08 bits per heavy atom. The van der Waals surface area contributed by atoms with Gasteiger partial charge in [0, 0.05) is 7.11 Å². The van der Waals surface area contributed by atoms with Crippen LogP contribution in [0.1, 0.15) is 6.92 Å². The van der Waals surface area contributed by atoms with Crippen molar-refractivity contribution in [1.82, 2.24) is 4.72 Å². The molecule has 0 aliphatic heterocycles. The van der Waals surface area contributed by atoms with Gasteiger partial charge in [-0.05, 0) is 6.92 Å². The van der Waals surface area contributed by atoms with E-state index in [0.29, 0.717) is 0 Å². The van der Waals surface area contributed by atoms with E-state index in [4.69, 9.17) is 4.55 Å². The Labute approximate surface area is 69.5 Å². The van der Waals surface area contributed by atoms with Crippen LogP contribution >= 0.6 is 0 Å². The molecule has 0 saturated heterocycles. The van der Waals surface area contributed by atoms with Gasteiger partial charge in [-0.15, -0.1) is 0 Å². The Hall–Kier alpha value is -0.860. The molecule has 1 amide bonds. The predicted molar refractivity (Wildman–Crippen MR) is 37.6 cm³/mol. The van der Waals surface area contributed by atoms with Crippen LogP contribution in [0.15, 0.2) is 0 Å². The third-order valence-corrected chi connectivity index (χ3v) is 1.24. The van der Waals surface area contributed by atoms with Crippen LogP contribution in [-0.4, -0.2) is 32.5 Å². The number of ether oxygens (including phenoxy) is 2. The molecule has 1 unspecified atom stereocenters. The second kappa shape index (κ2) is 4.24. The van der Waals surface area contributed by atoms with E-state index < -0.39 is 22.7 Å². The fourth-order valence-electron chi connectivity index (χ4n) is 0.328. The highest BCUT2D eigenvalue weighted by atomic mass is 32.2. The highest BCUT2D eigenvalue weighted by molar-refractivity contribution is 7.84. The maximum atomic E-state index is 10.5. The summed E-state index contributed by atoms with van der Waals surface area (Å²) in [5.74, 6) is 0. The lowest BCUT2D eigenvalue weighted by atomic mass is 10.7. The summed E-state index contributed by atoms with van der Waals surface area (Å²) in [5.41, 5.74) is 0. The van der Waals surface area contributed by atoms with E-state index in [1.807, 2.05) is 0 Å². The van der Waals surface area contributed by atoms with Crippen molar-refractivity contribution in [3.63, 3.8) is 0 Å². The molecule has 0 heterocycles. The fraction of sp³-hybridized carbons (Fsp3) is 0.750. The Balaban J connectivity index is 3.92. The lowest BCUT2D eigenvalue weighted by Crippen LogP contribution is -2.33. The number of hydrogen-bond acceptors (Lipinski definition) is 5. The Bertz CT molecular complexity index is 246. The van der Waals surface area contributed by atoms with Crippen LogP contribution in [0, 0.1) is 0 Å². The van der Waals surface area contributed by atoms with Crippen molar-refractivity contribution in [2.24, 2.45) is 0 Å². The normalized spacial score (nSPS) is 13.6. The van der Waals surface area contributed by atoms with E-state index >= 15 is 0 Å². The molecule has 1 atom stereocenters. The average molecular weight is 199 g/mol. The van der Waals surface area contributed by atoms with E-state index in [2.05, 4.69) is 9.47 Å². The van der Waals surface area contributed by atoms with Gasteiger partial charge in [-0.2, -0.15) is 13.1 Å². The van der Waals surface area contributed by atoms with Gasteiger partial charge in [0.25, 0.3) is 0 Å². The van der Waals surface area contributed by atoms with Gasteiger partial charge in [0.15, 0.2) is 0 Å². The van der Waals surface area contributed by atoms with Crippen LogP contribution in [-0.2, 0) is 19.8 Å². The van der Waals surface area contributed by atoms with Crippen LogP contribution in [0.3, 0.4) is 0 Å². The summed E-state index contributed by atoms with van der Waals surface area (Å²) in [6.07, 6.45) is -2.18. The Morgan fingerprint density at radius 1 is 1.58 bits per heavy atom. The SMILES string of the molecule is COC(C)OC(=O)NS(=O)(=O)O. The molecule has 0 aromatic rings. The molecule has 7 nitrogen and oxygen atoms in total. The summed E-state index contributed by atoms with van der Waals surface area (Å²) in [5, 5.41) is 0. The maximum absolute atomic E-state index is 10.5. The van der Waals surface area contributed by atoms with Gasteiger partial charge in [-0.1, -0.05) is 0 Å². The molecular formula is C4H9NO6S. The molecule has 0 rings (SSSR count). The van der Waals surface area contributed by atoms with Crippen molar-refractivity contribution in [2.75, 3.05) is 7.11 Å². The van der Waals surface area contributed by atoms with Crippen molar-refractivity contribution in [1.29, 1.82) is 0 Å². The van der Waals surface area contributed by atoms with Gasteiger partial charge >= 0.3 is 16.4 Å². The fourth-order valence-corrected chi connectivity index (χ4v) is 0.587. The van der Waals surface area contributed by atoms with E-state index in [-0.39, 0.29) is 0 Å². The molecule has 0 saturated carbocycles. The molecule has 0 aliphatic carbocycles. The number of amides is 1. The summed E-state index contributed by atoms with van der Waals surface area (Å²) in [6.45, 7) is 1.38. The second-order valence-electron chi connectivity index (χ2n) is 1.79. The minimum atomic E-state index is -4.56. The van der Waals surface area contributed by atoms with Gasteiger partial charge in [-0.3, -0.25) is 4.55 Å². The average Bonchev–Trinajstić information content (AvgIpc) is 1.82. The van der Waals surface area contributed by atoms with Gasteiger partial charge < -0.3 is 9.47 Å². The highest BCUT2D eigenvalue weighted by Crippen LogP contribution is 1.91. The van der Waals surface area contributed by atoms with Crippen LogP contribution < -0.4 is 4.72 Å². The first-order valence-corrected chi connectivity index (χ1v) is 4.28. The van der Waals surface area contributed by atoms with Gasteiger partial charge in [0.2, 0.25) is 6.29 Å².